The monoisotopic (exact) mass is 429 g/mol. The number of fused-ring (bicyclic) bond motifs is 1. The molecular weight excluding hydrogens is 414 g/mol. The van der Waals surface area contributed by atoms with Crippen molar-refractivity contribution in [2.75, 3.05) is 5.32 Å². The lowest BCUT2D eigenvalue weighted by Crippen LogP contribution is -2.16. The maximum atomic E-state index is 13.6. The van der Waals surface area contributed by atoms with Crippen LogP contribution in [-0.4, -0.2) is 25.5 Å². The summed E-state index contributed by atoms with van der Waals surface area (Å²) in [6.07, 6.45) is -4.79. The Balaban J connectivity index is 1.78. The van der Waals surface area contributed by atoms with Crippen LogP contribution in [0.2, 0.25) is 0 Å². The molecule has 0 unspecified atom stereocenters. The first kappa shape index (κ1) is 20.5. The minimum atomic E-state index is -4.79. The van der Waals surface area contributed by atoms with Crippen LogP contribution in [0, 0.1) is 19.7 Å². The van der Waals surface area contributed by atoms with Crippen molar-refractivity contribution < 1.29 is 22.4 Å². The Bertz CT molecular complexity index is 1280. The van der Waals surface area contributed by atoms with Gasteiger partial charge < -0.3 is 5.32 Å². The summed E-state index contributed by atoms with van der Waals surface area (Å²) >= 11 is 0. The van der Waals surface area contributed by atoms with E-state index in [0.29, 0.717) is 10.2 Å². The maximum absolute atomic E-state index is 13.6. The van der Waals surface area contributed by atoms with Crippen LogP contribution in [0.5, 0.6) is 0 Å². The largest absolute Gasteiger partial charge is 0.433 e. The van der Waals surface area contributed by atoms with Crippen LogP contribution in [0.25, 0.3) is 17.0 Å². The summed E-state index contributed by atoms with van der Waals surface area (Å²) in [4.78, 5) is 20.5. The quantitative estimate of drug-likeness (QED) is 0.474. The van der Waals surface area contributed by atoms with E-state index >= 15 is 0 Å². The SMILES string of the molecule is Cc1cc(C)cc(NC(=O)c2nc3nc(-c4ccc(F)cc4)cc(C(F)(F)F)n3n2)c1. The molecule has 31 heavy (non-hydrogen) atoms. The number of amides is 1. The summed E-state index contributed by atoms with van der Waals surface area (Å²) < 4.78 is 54.6. The number of nitrogens with zero attached hydrogens (tertiary/aromatic N) is 4. The molecule has 1 amide bonds. The first-order valence-corrected chi connectivity index (χ1v) is 9.11. The molecule has 4 rings (SSSR count). The molecule has 0 saturated heterocycles. The number of aryl methyl sites for hydroxylation is 2. The van der Waals surface area contributed by atoms with Crippen molar-refractivity contribution in [3.63, 3.8) is 0 Å². The van der Waals surface area contributed by atoms with Gasteiger partial charge in [0.2, 0.25) is 5.82 Å². The Morgan fingerprint density at radius 2 is 1.61 bits per heavy atom. The first-order valence-electron chi connectivity index (χ1n) is 9.11. The van der Waals surface area contributed by atoms with E-state index in [0.717, 1.165) is 29.3 Å². The van der Waals surface area contributed by atoms with Gasteiger partial charge in [0.15, 0.2) is 5.69 Å². The number of halogens is 4. The van der Waals surface area contributed by atoms with Gasteiger partial charge in [-0.1, -0.05) is 6.07 Å². The smallest absolute Gasteiger partial charge is 0.319 e. The minimum Gasteiger partial charge on any atom is -0.319 e. The van der Waals surface area contributed by atoms with E-state index in [1.165, 1.54) is 12.1 Å². The number of hydrogen-bond donors (Lipinski definition) is 1. The van der Waals surface area contributed by atoms with Gasteiger partial charge in [-0.05, 0) is 67.4 Å². The third-order valence-electron chi connectivity index (χ3n) is 4.43. The van der Waals surface area contributed by atoms with Gasteiger partial charge in [0.25, 0.3) is 11.7 Å². The third kappa shape index (κ3) is 4.23. The summed E-state index contributed by atoms with van der Waals surface area (Å²) in [6.45, 7) is 3.70. The van der Waals surface area contributed by atoms with Crippen molar-refractivity contribution in [3.8, 4) is 11.3 Å². The second kappa shape index (κ2) is 7.46. The molecule has 0 aliphatic rings. The molecule has 0 radical (unpaired) electrons. The molecule has 4 aromatic rings. The Morgan fingerprint density at radius 1 is 0.968 bits per heavy atom. The van der Waals surface area contributed by atoms with E-state index in [4.69, 9.17) is 0 Å². The Morgan fingerprint density at radius 3 is 2.23 bits per heavy atom. The molecule has 0 fully saturated rings. The van der Waals surface area contributed by atoms with Gasteiger partial charge in [0.05, 0.1) is 5.69 Å². The molecule has 0 saturated carbocycles. The van der Waals surface area contributed by atoms with E-state index in [1.54, 1.807) is 12.1 Å². The molecule has 2 aromatic carbocycles. The number of carbonyl (C=O) groups excluding carboxylic acids is 1. The fraction of sp³-hybridized carbons (Fsp3) is 0.143. The molecule has 0 bridgehead atoms. The van der Waals surface area contributed by atoms with Crippen LogP contribution in [0.3, 0.4) is 0 Å². The number of rotatable bonds is 3. The molecule has 2 heterocycles. The van der Waals surface area contributed by atoms with Gasteiger partial charge in [0, 0.05) is 11.3 Å². The summed E-state index contributed by atoms with van der Waals surface area (Å²) in [7, 11) is 0. The van der Waals surface area contributed by atoms with Crippen LogP contribution in [0.15, 0.2) is 48.5 Å². The molecule has 158 valence electrons. The number of carbonyl (C=O) groups is 1. The van der Waals surface area contributed by atoms with E-state index in [1.807, 2.05) is 19.9 Å². The number of aromatic nitrogens is 4. The van der Waals surface area contributed by atoms with Crippen LogP contribution in [0.4, 0.5) is 23.2 Å². The molecule has 0 atom stereocenters. The van der Waals surface area contributed by atoms with Crippen molar-refractivity contribution in [3.05, 3.63) is 77.0 Å². The molecule has 0 aliphatic carbocycles. The summed E-state index contributed by atoms with van der Waals surface area (Å²) in [5, 5.41) is 6.30. The standard InChI is InChI=1S/C21H15F4N5O/c1-11-7-12(2)9-15(8-11)26-19(31)18-28-20-27-16(13-3-5-14(22)6-4-13)10-17(21(23,24)25)30(20)29-18/h3-10H,1-2H3,(H,26,31). The number of nitrogens with one attached hydrogen (secondary N) is 1. The zero-order chi connectivity index (χ0) is 22.3. The highest BCUT2D eigenvalue weighted by molar-refractivity contribution is 6.01. The second-order valence-corrected chi connectivity index (χ2v) is 7.01. The fourth-order valence-corrected chi connectivity index (χ4v) is 3.17. The highest BCUT2D eigenvalue weighted by Gasteiger charge is 2.36. The van der Waals surface area contributed by atoms with E-state index in [2.05, 4.69) is 20.4 Å². The highest BCUT2D eigenvalue weighted by atomic mass is 19.4. The van der Waals surface area contributed by atoms with E-state index < -0.39 is 35.2 Å². The van der Waals surface area contributed by atoms with E-state index in [9.17, 15) is 22.4 Å². The normalized spacial score (nSPS) is 11.7. The van der Waals surface area contributed by atoms with Crippen LogP contribution in [-0.2, 0) is 6.18 Å². The molecule has 0 aliphatic heterocycles. The van der Waals surface area contributed by atoms with Crippen molar-refractivity contribution in [2.24, 2.45) is 0 Å². The lowest BCUT2D eigenvalue weighted by atomic mass is 10.1. The highest BCUT2D eigenvalue weighted by Crippen LogP contribution is 2.32. The van der Waals surface area contributed by atoms with Gasteiger partial charge in [-0.2, -0.15) is 22.7 Å². The fourth-order valence-electron chi connectivity index (χ4n) is 3.17. The van der Waals surface area contributed by atoms with Gasteiger partial charge >= 0.3 is 6.18 Å². The lowest BCUT2D eigenvalue weighted by molar-refractivity contribution is -0.142. The molecule has 0 spiro atoms. The van der Waals surface area contributed by atoms with Crippen LogP contribution >= 0.6 is 0 Å². The van der Waals surface area contributed by atoms with Crippen LogP contribution in [0.1, 0.15) is 27.4 Å². The van der Waals surface area contributed by atoms with Gasteiger partial charge in [0.1, 0.15) is 5.82 Å². The lowest BCUT2D eigenvalue weighted by Gasteiger charge is -2.10. The second-order valence-electron chi connectivity index (χ2n) is 7.01. The Labute approximate surface area is 173 Å². The van der Waals surface area contributed by atoms with Crippen LogP contribution < -0.4 is 5.32 Å². The average Bonchev–Trinajstić information content (AvgIpc) is 3.10. The molecular formula is C21H15F4N5O. The van der Waals surface area contributed by atoms with Gasteiger partial charge in [-0.15, -0.1) is 5.10 Å². The number of hydrogen-bond acceptors (Lipinski definition) is 4. The predicted molar refractivity (Wildman–Crippen MR) is 105 cm³/mol. The number of anilines is 1. The zero-order valence-corrected chi connectivity index (χ0v) is 16.3. The van der Waals surface area contributed by atoms with Crippen molar-refractivity contribution in [1.82, 2.24) is 19.6 Å². The summed E-state index contributed by atoms with van der Waals surface area (Å²) in [6, 6.07) is 11.0. The number of benzene rings is 2. The maximum Gasteiger partial charge on any atom is 0.433 e. The topological polar surface area (TPSA) is 72.2 Å². The van der Waals surface area contributed by atoms with E-state index in [-0.39, 0.29) is 11.3 Å². The van der Waals surface area contributed by atoms with Crippen molar-refractivity contribution in [2.45, 2.75) is 20.0 Å². The summed E-state index contributed by atoms with van der Waals surface area (Å²) in [5.74, 6) is -2.17. The zero-order valence-electron chi connectivity index (χ0n) is 16.3. The third-order valence-corrected chi connectivity index (χ3v) is 4.43. The number of alkyl halides is 3. The summed E-state index contributed by atoms with van der Waals surface area (Å²) in [5.41, 5.74) is 1.31. The Hall–Kier alpha value is -3.82. The molecule has 2 aromatic heterocycles. The first-order chi connectivity index (χ1) is 14.6. The van der Waals surface area contributed by atoms with Crippen molar-refractivity contribution >= 4 is 17.4 Å². The van der Waals surface area contributed by atoms with Gasteiger partial charge in [-0.25, -0.2) is 9.37 Å². The average molecular weight is 429 g/mol. The molecule has 6 nitrogen and oxygen atoms in total. The minimum absolute atomic E-state index is 0.0755. The molecule has 10 heteroatoms. The van der Waals surface area contributed by atoms with Gasteiger partial charge in [-0.3, -0.25) is 4.79 Å². The van der Waals surface area contributed by atoms with Crippen molar-refractivity contribution in [1.29, 1.82) is 0 Å². The Kier molecular flexibility index (Phi) is 4.92. The predicted octanol–water partition coefficient (Wildman–Crippen LogP) is 4.82. The molecule has 1 N–H and O–H groups in total.